The van der Waals surface area contributed by atoms with Gasteiger partial charge in [-0.05, 0) is 72.9 Å². The summed E-state index contributed by atoms with van der Waals surface area (Å²) in [7, 11) is -2.39. The summed E-state index contributed by atoms with van der Waals surface area (Å²) in [5.74, 6) is -2.15. The minimum atomic E-state index is -4.00. The van der Waals surface area contributed by atoms with Crippen molar-refractivity contribution in [3.8, 4) is 17.2 Å². The van der Waals surface area contributed by atoms with Crippen molar-refractivity contribution in [1.82, 2.24) is 4.31 Å². The minimum absolute atomic E-state index is 0.0215. The molecule has 0 spiro atoms. The summed E-state index contributed by atoms with van der Waals surface area (Å²) in [5.41, 5.74) is 1.64. The number of nitrogens with zero attached hydrogens (tertiary/aromatic N) is 3. The van der Waals surface area contributed by atoms with E-state index < -0.39 is 27.4 Å². The van der Waals surface area contributed by atoms with E-state index in [1.54, 1.807) is 37.4 Å². The number of rotatable bonds is 4. The maximum Gasteiger partial charge on any atom is 0.338 e. The number of likely N-dealkylation sites (N-methyl/N-ethyl adjacent to an activating group) is 1. The normalized spacial score (nSPS) is 19.6. The maximum atomic E-state index is 14.1. The Bertz CT molecular complexity index is 1580. The van der Waals surface area contributed by atoms with Gasteiger partial charge in [0.15, 0.2) is 0 Å². The number of sulfonamides is 1. The molecule has 2 aliphatic rings. The fourth-order valence-corrected chi connectivity index (χ4v) is 7.57. The fraction of sp³-hybridized carbons (Fsp3) is 0.310. The van der Waals surface area contributed by atoms with Gasteiger partial charge in [0, 0.05) is 30.9 Å². The Morgan fingerprint density at radius 3 is 2.41 bits per heavy atom. The lowest BCUT2D eigenvalue weighted by molar-refractivity contribution is 0.0692. The highest BCUT2D eigenvalue weighted by Crippen LogP contribution is 2.44. The fourth-order valence-electron chi connectivity index (χ4n) is 5.70. The maximum absolute atomic E-state index is 14.1. The number of anilines is 2. The zero-order valence-electron chi connectivity index (χ0n) is 21.3. The van der Waals surface area contributed by atoms with E-state index in [1.807, 2.05) is 4.90 Å². The van der Waals surface area contributed by atoms with Crippen LogP contribution in [0.3, 0.4) is 0 Å². The Hall–Kier alpha value is -3.45. The molecule has 3 aromatic rings. The zero-order valence-corrected chi connectivity index (χ0v) is 22.8. The van der Waals surface area contributed by atoms with E-state index >= 15 is 0 Å². The van der Waals surface area contributed by atoms with Crippen LogP contribution in [0.4, 0.5) is 15.8 Å². The van der Waals surface area contributed by atoms with Gasteiger partial charge in [-0.1, -0.05) is 36.9 Å². The van der Waals surface area contributed by atoms with Crippen LogP contribution in [0, 0.1) is 23.1 Å². The molecule has 202 valence electrons. The summed E-state index contributed by atoms with van der Waals surface area (Å²) in [4.78, 5) is 13.5. The highest BCUT2D eigenvalue weighted by molar-refractivity contribution is 7.89. The van der Waals surface area contributed by atoms with Crippen LogP contribution in [0.25, 0.3) is 11.1 Å². The van der Waals surface area contributed by atoms with Crippen molar-refractivity contribution >= 4 is 39.0 Å². The van der Waals surface area contributed by atoms with Crippen molar-refractivity contribution in [2.45, 2.75) is 43.0 Å². The summed E-state index contributed by atoms with van der Waals surface area (Å²) >= 11 is 6.72. The third-order valence-electron chi connectivity index (χ3n) is 7.84. The van der Waals surface area contributed by atoms with Gasteiger partial charge in [0.25, 0.3) is 0 Å². The predicted molar refractivity (Wildman–Crippen MR) is 147 cm³/mol. The molecule has 3 aromatic carbocycles. The molecular weight excluding hydrogens is 541 g/mol. The quantitative estimate of drug-likeness (QED) is 0.389. The van der Waals surface area contributed by atoms with Crippen LogP contribution in [0.2, 0.25) is 5.02 Å². The number of carbonyl (C=O) groups is 1. The average molecular weight is 568 g/mol. The first kappa shape index (κ1) is 27.1. The summed E-state index contributed by atoms with van der Waals surface area (Å²) in [6, 6.07) is 15.4. The lowest BCUT2D eigenvalue weighted by Crippen LogP contribution is -2.46. The minimum Gasteiger partial charge on any atom is -0.478 e. The van der Waals surface area contributed by atoms with Gasteiger partial charge < -0.3 is 10.0 Å². The molecule has 1 aliphatic heterocycles. The van der Waals surface area contributed by atoms with Crippen molar-refractivity contribution in [2.75, 3.05) is 18.5 Å². The Morgan fingerprint density at radius 2 is 1.77 bits per heavy atom. The lowest BCUT2D eigenvalue weighted by Gasteiger charge is -2.36. The Labute approximate surface area is 232 Å². The average Bonchev–Trinajstić information content (AvgIpc) is 3.01. The van der Waals surface area contributed by atoms with E-state index in [-0.39, 0.29) is 33.0 Å². The van der Waals surface area contributed by atoms with Gasteiger partial charge in [0.05, 0.1) is 27.9 Å². The first-order valence-corrected chi connectivity index (χ1v) is 14.6. The molecule has 0 aromatic heterocycles. The topological polar surface area (TPSA) is 102 Å². The largest absolute Gasteiger partial charge is 0.478 e. The van der Waals surface area contributed by atoms with Crippen LogP contribution >= 0.6 is 11.6 Å². The van der Waals surface area contributed by atoms with Crippen molar-refractivity contribution < 1.29 is 22.7 Å². The number of nitriles is 1. The van der Waals surface area contributed by atoms with Gasteiger partial charge in [-0.25, -0.2) is 17.6 Å². The number of fused-ring (bicyclic) bond motifs is 1. The molecule has 1 heterocycles. The number of halogens is 2. The molecule has 0 bridgehead atoms. The van der Waals surface area contributed by atoms with Gasteiger partial charge >= 0.3 is 5.97 Å². The molecule has 1 saturated carbocycles. The van der Waals surface area contributed by atoms with Crippen molar-refractivity contribution in [3.63, 3.8) is 0 Å². The van der Waals surface area contributed by atoms with Crippen LogP contribution in [0.1, 0.15) is 48.0 Å². The highest BCUT2D eigenvalue weighted by atomic mass is 35.5. The van der Waals surface area contributed by atoms with Crippen molar-refractivity contribution in [2.24, 2.45) is 5.92 Å². The first-order chi connectivity index (χ1) is 18.6. The zero-order chi connectivity index (χ0) is 27.9. The number of hydrogen-bond donors (Lipinski definition) is 1. The molecule has 1 N–H and O–H groups in total. The van der Waals surface area contributed by atoms with Gasteiger partial charge in [0.1, 0.15) is 10.7 Å². The van der Waals surface area contributed by atoms with Crippen LogP contribution in [0.5, 0.6) is 0 Å². The smallest absolute Gasteiger partial charge is 0.338 e. The summed E-state index contributed by atoms with van der Waals surface area (Å²) in [5, 5.41) is 18.9. The summed E-state index contributed by atoms with van der Waals surface area (Å²) < 4.78 is 43.8. The summed E-state index contributed by atoms with van der Waals surface area (Å²) in [6.07, 6.45) is 5.09. The first-order valence-electron chi connectivity index (χ1n) is 12.7. The number of aromatic carboxylic acids is 1. The Balaban J connectivity index is 1.71. The molecule has 1 aliphatic carbocycles. The standard InChI is InChI=1S/C29H27ClFN3O4S/c1-33-27(19-5-3-2-4-6-19)17-34(21-10-7-18(16-32)8-11-21)26-15-24(30)22(14-28(26)39(33,37)38)20-9-12-25(31)23(13-20)29(35)36/h7-15,19,27H,2-6,17H2,1H3,(H,35,36)/t27-/m0/s1. The number of carboxylic acid groups (broad SMARTS) is 1. The molecule has 1 atom stereocenters. The molecule has 1 fully saturated rings. The van der Waals surface area contributed by atoms with E-state index in [9.17, 15) is 28.0 Å². The van der Waals surface area contributed by atoms with Gasteiger partial charge in [0.2, 0.25) is 10.0 Å². The summed E-state index contributed by atoms with van der Waals surface area (Å²) in [6.45, 7) is 0.398. The van der Waals surface area contributed by atoms with E-state index in [1.165, 1.54) is 16.4 Å². The third-order valence-corrected chi connectivity index (χ3v) is 10.1. The molecule has 0 amide bonds. The SMILES string of the molecule is CN1[C@H](C2CCCCC2)CN(c2ccc(C#N)cc2)c2cc(Cl)c(-c3ccc(F)c(C(=O)O)c3)cc2S1(=O)=O. The molecule has 39 heavy (non-hydrogen) atoms. The monoisotopic (exact) mass is 567 g/mol. The molecule has 0 radical (unpaired) electrons. The van der Waals surface area contributed by atoms with Crippen LogP contribution < -0.4 is 4.90 Å². The Kier molecular flexibility index (Phi) is 7.38. The van der Waals surface area contributed by atoms with Gasteiger partial charge in [-0.2, -0.15) is 9.57 Å². The van der Waals surface area contributed by atoms with Crippen LogP contribution in [-0.2, 0) is 10.0 Å². The van der Waals surface area contributed by atoms with Crippen molar-refractivity contribution in [3.05, 3.63) is 76.6 Å². The van der Waals surface area contributed by atoms with Crippen molar-refractivity contribution in [1.29, 1.82) is 5.26 Å². The number of carboxylic acids is 1. The molecule has 0 unspecified atom stereocenters. The highest BCUT2D eigenvalue weighted by Gasteiger charge is 2.41. The second-order valence-corrected chi connectivity index (χ2v) is 12.4. The second kappa shape index (κ2) is 10.6. The second-order valence-electron chi connectivity index (χ2n) is 10.1. The number of benzene rings is 3. The van der Waals surface area contributed by atoms with Gasteiger partial charge in [-0.3, -0.25) is 0 Å². The van der Waals surface area contributed by atoms with Crippen LogP contribution in [-0.4, -0.2) is 43.4 Å². The predicted octanol–water partition coefficient (Wildman–Crippen LogP) is 6.44. The molecule has 7 nitrogen and oxygen atoms in total. The van der Waals surface area contributed by atoms with E-state index in [2.05, 4.69) is 6.07 Å². The van der Waals surface area contributed by atoms with E-state index in [0.717, 1.165) is 49.9 Å². The molecular formula is C29H27ClFN3O4S. The molecule has 10 heteroatoms. The molecule has 5 rings (SSSR count). The Morgan fingerprint density at radius 1 is 1.08 bits per heavy atom. The number of hydrogen-bond acceptors (Lipinski definition) is 5. The molecule has 0 saturated heterocycles. The third kappa shape index (κ3) is 5.00. The van der Waals surface area contributed by atoms with E-state index in [0.29, 0.717) is 17.8 Å². The van der Waals surface area contributed by atoms with Crippen LogP contribution in [0.15, 0.2) is 59.5 Å². The van der Waals surface area contributed by atoms with E-state index in [4.69, 9.17) is 11.6 Å². The van der Waals surface area contributed by atoms with Gasteiger partial charge in [-0.15, -0.1) is 0 Å². The lowest BCUT2D eigenvalue weighted by atomic mass is 9.83.